The summed E-state index contributed by atoms with van der Waals surface area (Å²) in [6, 6.07) is 8.53. The molecular formula is C13H20BrN. The fraction of sp³-hybridized carbons (Fsp3) is 0.538. The first-order chi connectivity index (χ1) is 6.88. The van der Waals surface area contributed by atoms with Gasteiger partial charge in [0.05, 0.1) is 0 Å². The molecule has 1 nitrogen and oxygen atoms in total. The van der Waals surface area contributed by atoms with Crippen molar-refractivity contribution in [3.8, 4) is 0 Å². The Labute approximate surface area is 101 Å². The van der Waals surface area contributed by atoms with E-state index < -0.39 is 0 Å². The Morgan fingerprint density at radius 1 is 1.27 bits per heavy atom. The van der Waals surface area contributed by atoms with Gasteiger partial charge in [-0.1, -0.05) is 54.9 Å². The van der Waals surface area contributed by atoms with Gasteiger partial charge in [0.1, 0.15) is 0 Å². The molecule has 0 radical (unpaired) electrons. The third-order valence-corrected chi connectivity index (χ3v) is 3.09. The maximum Gasteiger partial charge on any atom is 0.0207 e. The molecule has 0 spiro atoms. The SMILES string of the molecule is CC(C)(C)CC(N)Cc1ccccc1Br. The number of hydrogen-bond donors (Lipinski definition) is 1. The van der Waals surface area contributed by atoms with Crippen molar-refractivity contribution in [2.24, 2.45) is 11.1 Å². The van der Waals surface area contributed by atoms with Crippen LogP contribution >= 0.6 is 15.9 Å². The molecule has 1 rings (SSSR count). The summed E-state index contributed by atoms with van der Waals surface area (Å²) in [5.74, 6) is 0. The van der Waals surface area contributed by atoms with Crippen LogP contribution in [-0.4, -0.2) is 6.04 Å². The van der Waals surface area contributed by atoms with Crippen LogP contribution in [0.3, 0.4) is 0 Å². The topological polar surface area (TPSA) is 26.0 Å². The number of nitrogens with two attached hydrogens (primary N) is 1. The molecule has 0 aliphatic heterocycles. The van der Waals surface area contributed by atoms with Gasteiger partial charge in [0, 0.05) is 10.5 Å². The third kappa shape index (κ3) is 4.80. The molecule has 0 aromatic heterocycles. The Kier molecular flexibility index (Phi) is 4.35. The third-order valence-electron chi connectivity index (χ3n) is 2.31. The van der Waals surface area contributed by atoms with Crippen LogP contribution < -0.4 is 5.73 Å². The largest absolute Gasteiger partial charge is 0.327 e. The molecule has 84 valence electrons. The lowest BCUT2D eigenvalue weighted by Gasteiger charge is -2.23. The van der Waals surface area contributed by atoms with Gasteiger partial charge in [-0.25, -0.2) is 0 Å². The second-order valence-corrected chi connectivity index (χ2v) is 6.17. The average molecular weight is 270 g/mol. The van der Waals surface area contributed by atoms with Gasteiger partial charge in [0.15, 0.2) is 0 Å². The standard InChI is InChI=1S/C13H20BrN/c1-13(2,3)9-11(15)8-10-6-4-5-7-12(10)14/h4-7,11H,8-9,15H2,1-3H3. The molecule has 0 amide bonds. The molecule has 1 atom stereocenters. The molecule has 15 heavy (non-hydrogen) atoms. The zero-order valence-electron chi connectivity index (χ0n) is 9.76. The van der Waals surface area contributed by atoms with Gasteiger partial charge in [-0.3, -0.25) is 0 Å². The quantitative estimate of drug-likeness (QED) is 0.889. The molecule has 0 saturated heterocycles. The monoisotopic (exact) mass is 269 g/mol. The van der Waals surface area contributed by atoms with E-state index in [-0.39, 0.29) is 6.04 Å². The predicted octanol–water partition coefficient (Wildman–Crippen LogP) is 3.76. The van der Waals surface area contributed by atoms with E-state index in [2.05, 4.69) is 54.9 Å². The van der Waals surface area contributed by atoms with Crippen LogP contribution in [0, 0.1) is 5.41 Å². The van der Waals surface area contributed by atoms with E-state index in [9.17, 15) is 0 Å². The maximum atomic E-state index is 6.14. The van der Waals surface area contributed by atoms with Gasteiger partial charge < -0.3 is 5.73 Å². The number of benzene rings is 1. The second kappa shape index (κ2) is 5.13. The smallest absolute Gasteiger partial charge is 0.0207 e. The van der Waals surface area contributed by atoms with Crippen molar-refractivity contribution in [2.75, 3.05) is 0 Å². The minimum atomic E-state index is 0.240. The molecule has 0 saturated carbocycles. The van der Waals surface area contributed by atoms with Crippen molar-refractivity contribution < 1.29 is 0 Å². The van der Waals surface area contributed by atoms with Gasteiger partial charge in [0.25, 0.3) is 0 Å². The second-order valence-electron chi connectivity index (χ2n) is 5.32. The highest BCUT2D eigenvalue weighted by Crippen LogP contribution is 2.23. The first-order valence-corrected chi connectivity index (χ1v) is 6.17. The van der Waals surface area contributed by atoms with Crippen LogP contribution in [0.5, 0.6) is 0 Å². The highest BCUT2D eigenvalue weighted by atomic mass is 79.9. The Morgan fingerprint density at radius 2 is 1.87 bits per heavy atom. The molecule has 0 fully saturated rings. The van der Waals surface area contributed by atoms with E-state index in [0.717, 1.165) is 17.3 Å². The van der Waals surface area contributed by atoms with Gasteiger partial charge in [-0.2, -0.15) is 0 Å². The van der Waals surface area contributed by atoms with Crippen molar-refractivity contribution in [1.29, 1.82) is 0 Å². The van der Waals surface area contributed by atoms with Gasteiger partial charge in [0.2, 0.25) is 0 Å². The molecular weight excluding hydrogens is 250 g/mol. The first-order valence-electron chi connectivity index (χ1n) is 5.37. The molecule has 2 N–H and O–H groups in total. The highest BCUT2D eigenvalue weighted by molar-refractivity contribution is 9.10. The fourth-order valence-corrected chi connectivity index (χ4v) is 2.25. The van der Waals surface area contributed by atoms with Crippen LogP contribution in [-0.2, 0) is 6.42 Å². The van der Waals surface area contributed by atoms with Crippen LogP contribution in [0.2, 0.25) is 0 Å². The summed E-state index contributed by atoms with van der Waals surface area (Å²) < 4.78 is 1.16. The number of hydrogen-bond acceptors (Lipinski definition) is 1. The van der Waals surface area contributed by atoms with Crippen LogP contribution in [0.25, 0.3) is 0 Å². The van der Waals surface area contributed by atoms with Gasteiger partial charge in [-0.15, -0.1) is 0 Å². The highest BCUT2D eigenvalue weighted by Gasteiger charge is 2.16. The summed E-state index contributed by atoms with van der Waals surface area (Å²) >= 11 is 3.55. The van der Waals surface area contributed by atoms with E-state index in [1.54, 1.807) is 0 Å². The Morgan fingerprint density at radius 3 is 2.40 bits per heavy atom. The first kappa shape index (κ1) is 12.7. The van der Waals surface area contributed by atoms with Gasteiger partial charge >= 0.3 is 0 Å². The zero-order valence-corrected chi connectivity index (χ0v) is 11.3. The number of halogens is 1. The molecule has 0 bridgehead atoms. The van der Waals surface area contributed by atoms with E-state index in [0.29, 0.717) is 5.41 Å². The molecule has 2 heteroatoms. The molecule has 0 heterocycles. The summed E-state index contributed by atoms with van der Waals surface area (Å²) in [6.45, 7) is 6.69. The summed E-state index contributed by atoms with van der Waals surface area (Å²) in [6.07, 6.45) is 1.99. The van der Waals surface area contributed by atoms with Crippen LogP contribution in [0.1, 0.15) is 32.8 Å². The summed E-state index contributed by atoms with van der Waals surface area (Å²) in [4.78, 5) is 0. The lowest BCUT2D eigenvalue weighted by Crippen LogP contribution is -2.28. The van der Waals surface area contributed by atoms with Crippen LogP contribution in [0.4, 0.5) is 0 Å². The van der Waals surface area contributed by atoms with E-state index in [4.69, 9.17) is 5.73 Å². The summed E-state index contributed by atoms with van der Waals surface area (Å²) in [5.41, 5.74) is 7.75. The lowest BCUT2D eigenvalue weighted by molar-refractivity contribution is 0.338. The Hall–Kier alpha value is -0.340. The van der Waals surface area contributed by atoms with E-state index in [1.807, 2.05) is 6.07 Å². The Balaban J connectivity index is 2.59. The molecule has 1 aromatic rings. The minimum Gasteiger partial charge on any atom is -0.327 e. The summed E-state index contributed by atoms with van der Waals surface area (Å²) in [7, 11) is 0. The fourth-order valence-electron chi connectivity index (χ4n) is 1.81. The van der Waals surface area contributed by atoms with Crippen molar-refractivity contribution in [3.63, 3.8) is 0 Å². The summed E-state index contributed by atoms with van der Waals surface area (Å²) in [5, 5.41) is 0. The van der Waals surface area contributed by atoms with Crippen molar-refractivity contribution in [2.45, 2.75) is 39.7 Å². The Bertz CT molecular complexity index is 315. The zero-order chi connectivity index (χ0) is 11.5. The lowest BCUT2D eigenvalue weighted by atomic mass is 9.86. The van der Waals surface area contributed by atoms with Crippen molar-refractivity contribution >= 4 is 15.9 Å². The van der Waals surface area contributed by atoms with Crippen molar-refractivity contribution in [3.05, 3.63) is 34.3 Å². The van der Waals surface area contributed by atoms with E-state index >= 15 is 0 Å². The van der Waals surface area contributed by atoms with E-state index in [1.165, 1.54) is 5.56 Å². The predicted molar refractivity (Wildman–Crippen MR) is 69.9 cm³/mol. The maximum absolute atomic E-state index is 6.14. The number of rotatable bonds is 3. The molecule has 1 aromatic carbocycles. The van der Waals surface area contributed by atoms with Crippen molar-refractivity contribution in [1.82, 2.24) is 0 Å². The minimum absolute atomic E-state index is 0.240. The van der Waals surface area contributed by atoms with Gasteiger partial charge in [-0.05, 0) is 29.9 Å². The molecule has 1 unspecified atom stereocenters. The normalized spacial score (nSPS) is 13.9. The molecule has 0 aliphatic rings. The molecule has 0 aliphatic carbocycles. The average Bonchev–Trinajstić information content (AvgIpc) is 2.05. The van der Waals surface area contributed by atoms with Crippen LogP contribution in [0.15, 0.2) is 28.7 Å².